The molecule has 3 rings (SSSR count). The molecule has 8 nitrogen and oxygen atoms in total. The Morgan fingerprint density at radius 1 is 1.29 bits per heavy atom. The third-order valence-corrected chi connectivity index (χ3v) is 4.38. The van der Waals surface area contributed by atoms with Gasteiger partial charge in [0, 0.05) is 6.54 Å². The summed E-state index contributed by atoms with van der Waals surface area (Å²) in [5.74, 6) is -0.751. The molecule has 0 saturated carbocycles. The molecular weight excluding hydrogens is 310 g/mol. The minimum atomic E-state index is -0.927. The molecule has 0 bridgehead atoms. The molecule has 0 radical (unpaired) electrons. The third-order valence-electron chi connectivity index (χ3n) is 4.38. The Kier molecular flexibility index (Phi) is 4.54. The van der Waals surface area contributed by atoms with Gasteiger partial charge in [-0.15, -0.1) is 5.10 Å². The Labute approximate surface area is 139 Å². The number of nitrogens with zero attached hydrogens (tertiary/aromatic N) is 5. The van der Waals surface area contributed by atoms with E-state index in [0.29, 0.717) is 18.9 Å². The maximum absolute atomic E-state index is 12.5. The summed E-state index contributed by atoms with van der Waals surface area (Å²) in [6, 6.07) is 6.59. The lowest BCUT2D eigenvalue weighted by molar-refractivity contribution is -0.152. The summed E-state index contributed by atoms with van der Waals surface area (Å²) < 4.78 is 1.53. The van der Waals surface area contributed by atoms with Crippen LogP contribution in [0.2, 0.25) is 0 Å². The van der Waals surface area contributed by atoms with E-state index in [4.69, 9.17) is 0 Å². The fourth-order valence-electron chi connectivity index (χ4n) is 3.00. The highest BCUT2D eigenvalue weighted by Gasteiger charge is 2.34. The molecule has 8 heteroatoms. The molecule has 1 aromatic carbocycles. The second-order valence-corrected chi connectivity index (χ2v) is 6.17. The number of hydrogen-bond acceptors (Lipinski definition) is 5. The van der Waals surface area contributed by atoms with Gasteiger partial charge in [-0.25, -0.2) is 9.48 Å². The molecule has 1 saturated heterocycles. The maximum Gasteiger partial charge on any atom is 0.326 e. The van der Waals surface area contributed by atoms with E-state index in [1.54, 1.807) is 0 Å². The van der Waals surface area contributed by atoms with Gasteiger partial charge in [0.2, 0.25) is 5.91 Å². The average molecular weight is 329 g/mol. The molecule has 1 aliphatic rings. The lowest BCUT2D eigenvalue weighted by atomic mass is 9.92. The Morgan fingerprint density at radius 3 is 2.67 bits per heavy atom. The SMILES string of the molecule is CC1CCN(C(=O)Cc2ccc(-n3cnnn3)cc2)C(C(=O)O)C1. The van der Waals surface area contributed by atoms with Gasteiger partial charge in [-0.05, 0) is 46.9 Å². The molecule has 1 fully saturated rings. The van der Waals surface area contributed by atoms with Gasteiger partial charge in [0.15, 0.2) is 0 Å². The number of rotatable bonds is 4. The smallest absolute Gasteiger partial charge is 0.326 e. The number of aliphatic carboxylic acids is 1. The molecular formula is C16H19N5O3. The van der Waals surface area contributed by atoms with Crippen LogP contribution in [0.25, 0.3) is 5.69 Å². The van der Waals surface area contributed by atoms with E-state index in [-0.39, 0.29) is 12.3 Å². The second kappa shape index (κ2) is 6.77. The molecule has 1 amide bonds. The molecule has 1 aromatic heterocycles. The van der Waals surface area contributed by atoms with Gasteiger partial charge in [-0.2, -0.15) is 0 Å². The number of benzene rings is 1. The Bertz CT molecular complexity index is 714. The van der Waals surface area contributed by atoms with Crippen LogP contribution in [0.3, 0.4) is 0 Å². The van der Waals surface area contributed by atoms with Crippen LogP contribution in [-0.4, -0.2) is 54.7 Å². The van der Waals surface area contributed by atoms with E-state index in [2.05, 4.69) is 15.5 Å². The van der Waals surface area contributed by atoms with Crippen molar-refractivity contribution in [3.63, 3.8) is 0 Å². The quantitative estimate of drug-likeness (QED) is 0.895. The fraction of sp³-hybridized carbons (Fsp3) is 0.438. The van der Waals surface area contributed by atoms with E-state index in [9.17, 15) is 14.7 Å². The van der Waals surface area contributed by atoms with Gasteiger partial charge in [0.25, 0.3) is 0 Å². The summed E-state index contributed by atoms with van der Waals surface area (Å²) in [4.78, 5) is 25.5. The molecule has 24 heavy (non-hydrogen) atoms. The molecule has 0 spiro atoms. The second-order valence-electron chi connectivity index (χ2n) is 6.17. The topological polar surface area (TPSA) is 101 Å². The summed E-state index contributed by atoms with van der Waals surface area (Å²) in [5.41, 5.74) is 1.63. The van der Waals surface area contributed by atoms with E-state index in [0.717, 1.165) is 17.7 Å². The van der Waals surface area contributed by atoms with Crippen molar-refractivity contribution in [2.24, 2.45) is 5.92 Å². The number of aromatic nitrogens is 4. The van der Waals surface area contributed by atoms with Gasteiger partial charge in [0.05, 0.1) is 12.1 Å². The van der Waals surface area contributed by atoms with Crippen molar-refractivity contribution >= 4 is 11.9 Å². The van der Waals surface area contributed by atoms with Crippen molar-refractivity contribution in [1.29, 1.82) is 0 Å². The van der Waals surface area contributed by atoms with Gasteiger partial charge in [-0.1, -0.05) is 19.1 Å². The summed E-state index contributed by atoms with van der Waals surface area (Å²) in [6.07, 6.45) is 3.04. The number of carboxylic acids is 1. The van der Waals surface area contributed by atoms with Crippen molar-refractivity contribution in [3.8, 4) is 5.69 Å². The molecule has 1 N–H and O–H groups in total. The largest absolute Gasteiger partial charge is 0.480 e. The Balaban J connectivity index is 1.68. The molecule has 1 aliphatic heterocycles. The monoisotopic (exact) mass is 329 g/mol. The van der Waals surface area contributed by atoms with E-state index >= 15 is 0 Å². The highest BCUT2D eigenvalue weighted by molar-refractivity contribution is 5.85. The number of piperidine rings is 1. The first-order valence-electron chi connectivity index (χ1n) is 7.89. The normalized spacial score (nSPS) is 20.8. The minimum absolute atomic E-state index is 0.149. The van der Waals surface area contributed by atoms with Crippen molar-refractivity contribution in [2.75, 3.05) is 6.54 Å². The van der Waals surface area contributed by atoms with E-state index < -0.39 is 12.0 Å². The van der Waals surface area contributed by atoms with Crippen LogP contribution >= 0.6 is 0 Å². The fourth-order valence-corrected chi connectivity index (χ4v) is 3.00. The van der Waals surface area contributed by atoms with Crippen LogP contribution in [0.5, 0.6) is 0 Å². The zero-order valence-corrected chi connectivity index (χ0v) is 13.4. The first-order chi connectivity index (χ1) is 11.5. The molecule has 2 aromatic rings. The molecule has 0 aliphatic carbocycles. The minimum Gasteiger partial charge on any atom is -0.480 e. The van der Waals surface area contributed by atoms with Gasteiger partial charge in [0.1, 0.15) is 12.4 Å². The van der Waals surface area contributed by atoms with Crippen LogP contribution < -0.4 is 0 Å². The number of carbonyl (C=O) groups is 2. The van der Waals surface area contributed by atoms with Crippen LogP contribution in [0.4, 0.5) is 0 Å². The van der Waals surface area contributed by atoms with Crippen molar-refractivity contribution in [2.45, 2.75) is 32.2 Å². The van der Waals surface area contributed by atoms with Gasteiger partial charge < -0.3 is 10.0 Å². The van der Waals surface area contributed by atoms with Crippen LogP contribution in [0.1, 0.15) is 25.3 Å². The number of hydrogen-bond donors (Lipinski definition) is 1. The lowest BCUT2D eigenvalue weighted by Gasteiger charge is -2.36. The summed E-state index contributed by atoms with van der Waals surface area (Å²) >= 11 is 0. The van der Waals surface area contributed by atoms with Crippen LogP contribution in [0.15, 0.2) is 30.6 Å². The number of likely N-dealkylation sites (tertiary alicyclic amines) is 1. The first-order valence-corrected chi connectivity index (χ1v) is 7.89. The maximum atomic E-state index is 12.5. The zero-order valence-electron chi connectivity index (χ0n) is 13.4. The van der Waals surface area contributed by atoms with E-state index in [1.807, 2.05) is 31.2 Å². The predicted octanol–water partition coefficient (Wildman–Crippen LogP) is 0.916. The van der Waals surface area contributed by atoms with Gasteiger partial charge in [-0.3, -0.25) is 4.79 Å². The Hall–Kier alpha value is -2.77. The lowest BCUT2D eigenvalue weighted by Crippen LogP contribution is -2.50. The number of amides is 1. The van der Waals surface area contributed by atoms with Crippen molar-refractivity contribution in [1.82, 2.24) is 25.1 Å². The first kappa shape index (κ1) is 16.1. The number of carboxylic acid groups (broad SMARTS) is 1. The highest BCUT2D eigenvalue weighted by atomic mass is 16.4. The third kappa shape index (κ3) is 3.42. The van der Waals surface area contributed by atoms with E-state index in [1.165, 1.54) is 15.9 Å². The number of tetrazole rings is 1. The summed E-state index contributed by atoms with van der Waals surface area (Å²) in [5, 5.41) is 20.3. The van der Waals surface area contributed by atoms with Crippen molar-refractivity contribution < 1.29 is 14.7 Å². The average Bonchev–Trinajstić information content (AvgIpc) is 3.09. The zero-order chi connectivity index (χ0) is 17.1. The summed E-state index contributed by atoms with van der Waals surface area (Å²) in [6.45, 7) is 2.52. The molecule has 2 heterocycles. The summed E-state index contributed by atoms with van der Waals surface area (Å²) in [7, 11) is 0. The van der Waals surface area contributed by atoms with Crippen LogP contribution in [-0.2, 0) is 16.0 Å². The Morgan fingerprint density at radius 2 is 2.04 bits per heavy atom. The van der Waals surface area contributed by atoms with Gasteiger partial charge >= 0.3 is 5.97 Å². The predicted molar refractivity (Wildman–Crippen MR) is 84.4 cm³/mol. The molecule has 2 atom stereocenters. The van der Waals surface area contributed by atoms with Crippen LogP contribution in [0, 0.1) is 5.92 Å². The highest BCUT2D eigenvalue weighted by Crippen LogP contribution is 2.23. The standard InChI is InChI=1S/C16H19N5O3/c1-11-6-7-20(14(8-11)16(23)24)15(22)9-12-2-4-13(5-3-12)21-10-17-18-19-21/h2-5,10-11,14H,6-9H2,1H3,(H,23,24). The number of carbonyl (C=O) groups excluding carboxylic acids is 1. The molecule has 2 unspecified atom stereocenters. The van der Waals surface area contributed by atoms with Crippen molar-refractivity contribution in [3.05, 3.63) is 36.2 Å². The molecule has 126 valence electrons.